The summed E-state index contributed by atoms with van der Waals surface area (Å²) in [6.07, 6.45) is 0.305. The van der Waals surface area contributed by atoms with Crippen LogP contribution in [0.1, 0.15) is 34.2 Å². The molecule has 0 aliphatic rings. The number of para-hydroxylation sites is 1. The quantitative estimate of drug-likeness (QED) is 0.483. The van der Waals surface area contributed by atoms with Crippen LogP contribution in [0.5, 0.6) is 0 Å². The summed E-state index contributed by atoms with van der Waals surface area (Å²) in [5.41, 5.74) is 3.98. The third-order valence-electron chi connectivity index (χ3n) is 4.70. The Morgan fingerprint density at radius 3 is 2.64 bits per heavy atom. The summed E-state index contributed by atoms with van der Waals surface area (Å²) in [6.45, 7) is 5.97. The lowest BCUT2D eigenvalue weighted by Gasteiger charge is -2.11. The fraction of sp³-hybridized carbons (Fsp3) is 0.217. The first-order chi connectivity index (χ1) is 13.5. The smallest absolute Gasteiger partial charge is 0.225 e. The van der Waals surface area contributed by atoms with Crippen molar-refractivity contribution in [1.82, 2.24) is 10.3 Å². The largest absolute Gasteiger partial charge is 0.459 e. The molecule has 4 nitrogen and oxygen atoms in total. The molecule has 0 aliphatic carbocycles. The van der Waals surface area contributed by atoms with Crippen molar-refractivity contribution in [1.29, 1.82) is 0 Å². The van der Waals surface area contributed by atoms with Gasteiger partial charge in [-0.3, -0.25) is 4.79 Å². The molecular weight excluding hydrogens is 368 g/mol. The Balaban J connectivity index is 1.50. The minimum Gasteiger partial charge on any atom is -0.459 e. The number of thiazole rings is 1. The number of carbonyl (C=O) groups is 1. The second-order valence-electron chi connectivity index (χ2n) is 7.02. The van der Waals surface area contributed by atoms with Crippen LogP contribution in [0.2, 0.25) is 0 Å². The lowest BCUT2D eigenvalue weighted by atomic mass is 10.1. The molecule has 142 valence electrons. The molecule has 1 N–H and O–H groups in total. The van der Waals surface area contributed by atoms with E-state index in [0.29, 0.717) is 6.42 Å². The van der Waals surface area contributed by atoms with E-state index in [0.717, 1.165) is 37.9 Å². The van der Waals surface area contributed by atoms with Crippen LogP contribution in [0.3, 0.4) is 0 Å². The summed E-state index contributed by atoms with van der Waals surface area (Å²) in [7, 11) is 0. The van der Waals surface area contributed by atoms with E-state index < -0.39 is 0 Å². The third-order valence-corrected chi connectivity index (χ3v) is 5.67. The fourth-order valence-electron chi connectivity index (χ4n) is 3.25. The molecule has 0 saturated carbocycles. The highest BCUT2D eigenvalue weighted by molar-refractivity contribution is 7.12. The average Bonchev–Trinajstić information content (AvgIpc) is 3.25. The molecule has 2 heterocycles. The minimum absolute atomic E-state index is 0.0371. The number of benzene rings is 2. The van der Waals surface area contributed by atoms with E-state index in [1.807, 2.05) is 44.2 Å². The Kier molecular flexibility index (Phi) is 5.01. The number of amides is 1. The summed E-state index contributed by atoms with van der Waals surface area (Å²) in [4.78, 5) is 18.3. The first-order valence-electron chi connectivity index (χ1n) is 9.31. The van der Waals surface area contributed by atoms with Gasteiger partial charge in [0.15, 0.2) is 0 Å². The zero-order chi connectivity index (χ0) is 19.7. The number of aryl methyl sites for hydroxylation is 2. The molecule has 1 amide bonds. The molecule has 28 heavy (non-hydrogen) atoms. The van der Waals surface area contributed by atoms with Crippen molar-refractivity contribution >= 4 is 28.2 Å². The molecule has 0 radical (unpaired) electrons. The van der Waals surface area contributed by atoms with Crippen molar-refractivity contribution in [2.45, 2.75) is 33.2 Å². The minimum atomic E-state index is -0.197. The molecule has 0 unspecified atom stereocenters. The van der Waals surface area contributed by atoms with E-state index in [9.17, 15) is 4.79 Å². The predicted octanol–water partition coefficient (Wildman–Crippen LogP) is 5.59. The molecular formula is C23H22N2O2S. The Labute approximate surface area is 168 Å². The van der Waals surface area contributed by atoms with Crippen LogP contribution in [-0.2, 0) is 11.2 Å². The van der Waals surface area contributed by atoms with Crippen LogP contribution in [0.25, 0.3) is 22.2 Å². The lowest BCUT2D eigenvalue weighted by molar-refractivity contribution is -0.121. The fourth-order valence-corrected chi connectivity index (χ4v) is 4.21. The van der Waals surface area contributed by atoms with E-state index in [4.69, 9.17) is 4.42 Å². The second kappa shape index (κ2) is 7.60. The molecule has 0 saturated heterocycles. The van der Waals surface area contributed by atoms with Gasteiger partial charge < -0.3 is 9.73 Å². The van der Waals surface area contributed by atoms with Crippen molar-refractivity contribution in [2.24, 2.45) is 0 Å². The van der Waals surface area contributed by atoms with Gasteiger partial charge in [-0.2, -0.15) is 0 Å². The predicted molar refractivity (Wildman–Crippen MR) is 113 cm³/mol. The number of fused-ring (bicyclic) bond motifs is 1. The van der Waals surface area contributed by atoms with Crippen molar-refractivity contribution in [3.63, 3.8) is 0 Å². The molecule has 0 spiro atoms. The van der Waals surface area contributed by atoms with Gasteiger partial charge in [-0.25, -0.2) is 4.98 Å². The first-order valence-corrected chi connectivity index (χ1v) is 10.1. The SMILES string of the molecule is Cc1ccc(-c2nc(C)sc2CC(=O)N[C@@H](C)c2cc3ccccc3o2)cc1. The highest BCUT2D eigenvalue weighted by atomic mass is 32.1. The summed E-state index contributed by atoms with van der Waals surface area (Å²) in [5, 5.41) is 5.05. The lowest BCUT2D eigenvalue weighted by Crippen LogP contribution is -2.27. The highest BCUT2D eigenvalue weighted by Crippen LogP contribution is 2.29. The molecule has 4 aromatic rings. The maximum Gasteiger partial charge on any atom is 0.225 e. The topological polar surface area (TPSA) is 55.1 Å². The van der Waals surface area contributed by atoms with Crippen LogP contribution in [0.15, 0.2) is 59.0 Å². The number of rotatable bonds is 5. The zero-order valence-corrected chi connectivity index (χ0v) is 17.0. The Hall–Kier alpha value is -2.92. The number of carbonyl (C=O) groups excluding carboxylic acids is 1. The van der Waals surface area contributed by atoms with E-state index in [1.54, 1.807) is 11.3 Å². The molecule has 2 aromatic heterocycles. The van der Waals surface area contributed by atoms with Gasteiger partial charge in [0.25, 0.3) is 0 Å². The van der Waals surface area contributed by atoms with Crippen LogP contribution in [-0.4, -0.2) is 10.9 Å². The molecule has 2 aromatic carbocycles. The third kappa shape index (κ3) is 3.85. The number of nitrogens with one attached hydrogen (secondary N) is 1. The van der Waals surface area contributed by atoms with Gasteiger partial charge in [0.05, 0.1) is 23.2 Å². The van der Waals surface area contributed by atoms with E-state index in [1.165, 1.54) is 5.56 Å². The number of aromatic nitrogens is 1. The molecule has 1 atom stereocenters. The number of furan rings is 1. The van der Waals surface area contributed by atoms with Crippen LogP contribution >= 0.6 is 11.3 Å². The van der Waals surface area contributed by atoms with E-state index in [2.05, 4.69) is 41.5 Å². The van der Waals surface area contributed by atoms with E-state index >= 15 is 0 Å². The van der Waals surface area contributed by atoms with Crippen molar-refractivity contribution in [3.05, 3.63) is 75.8 Å². The van der Waals surface area contributed by atoms with Crippen LogP contribution in [0, 0.1) is 13.8 Å². The molecule has 5 heteroatoms. The van der Waals surface area contributed by atoms with Crippen molar-refractivity contribution in [2.75, 3.05) is 0 Å². The van der Waals surface area contributed by atoms with Crippen molar-refractivity contribution in [3.8, 4) is 11.3 Å². The van der Waals surface area contributed by atoms with E-state index in [-0.39, 0.29) is 11.9 Å². The summed E-state index contributed by atoms with van der Waals surface area (Å²) in [5.74, 6) is 0.721. The van der Waals surface area contributed by atoms with Gasteiger partial charge in [0, 0.05) is 15.8 Å². The average molecular weight is 391 g/mol. The van der Waals surface area contributed by atoms with Crippen LogP contribution in [0.4, 0.5) is 0 Å². The summed E-state index contributed by atoms with van der Waals surface area (Å²) in [6, 6.07) is 17.9. The molecule has 0 fully saturated rings. The molecule has 0 bridgehead atoms. The van der Waals surface area contributed by atoms with Gasteiger partial charge in [-0.05, 0) is 32.9 Å². The van der Waals surface area contributed by atoms with Gasteiger partial charge in [-0.1, -0.05) is 48.0 Å². The molecule has 4 rings (SSSR count). The summed E-state index contributed by atoms with van der Waals surface area (Å²) < 4.78 is 5.86. The van der Waals surface area contributed by atoms with Crippen molar-refractivity contribution < 1.29 is 9.21 Å². The molecule has 0 aliphatic heterocycles. The highest BCUT2D eigenvalue weighted by Gasteiger charge is 2.18. The zero-order valence-electron chi connectivity index (χ0n) is 16.2. The normalized spacial score (nSPS) is 12.2. The van der Waals surface area contributed by atoms with Gasteiger partial charge in [0.1, 0.15) is 11.3 Å². The monoisotopic (exact) mass is 390 g/mol. The Morgan fingerprint density at radius 2 is 1.89 bits per heavy atom. The summed E-state index contributed by atoms with van der Waals surface area (Å²) >= 11 is 1.57. The van der Waals surface area contributed by atoms with Gasteiger partial charge >= 0.3 is 0 Å². The standard InChI is InChI=1S/C23H22N2O2S/c1-14-8-10-17(11-9-14)23-21(28-16(3)25-23)13-22(26)24-15(2)20-12-18-6-4-5-7-19(18)27-20/h4-12,15H,13H2,1-3H3,(H,24,26)/t15-/m0/s1. The number of hydrogen-bond donors (Lipinski definition) is 1. The first kappa shape index (κ1) is 18.4. The van der Waals surface area contributed by atoms with Crippen LogP contribution < -0.4 is 5.32 Å². The Morgan fingerprint density at radius 1 is 1.14 bits per heavy atom. The van der Waals surface area contributed by atoms with Gasteiger partial charge in [-0.15, -0.1) is 11.3 Å². The maximum atomic E-state index is 12.7. The van der Waals surface area contributed by atoms with Gasteiger partial charge in [0.2, 0.25) is 5.91 Å². The Bertz CT molecular complexity index is 1090. The number of hydrogen-bond acceptors (Lipinski definition) is 4. The number of nitrogens with zero attached hydrogens (tertiary/aromatic N) is 1. The second-order valence-corrected chi connectivity index (χ2v) is 8.31. The maximum absolute atomic E-state index is 12.7.